The van der Waals surface area contributed by atoms with Crippen LogP contribution in [0.2, 0.25) is 0 Å². The summed E-state index contributed by atoms with van der Waals surface area (Å²) in [5, 5.41) is 0. The van der Waals surface area contributed by atoms with Gasteiger partial charge in [0.05, 0.1) is 28.4 Å². The van der Waals surface area contributed by atoms with Gasteiger partial charge in [0.2, 0.25) is 0 Å². The molecule has 0 saturated carbocycles. The Labute approximate surface area is 164 Å². The molecule has 0 bridgehead atoms. The highest BCUT2D eigenvalue weighted by Gasteiger charge is 2.36. The van der Waals surface area contributed by atoms with E-state index in [2.05, 4.69) is 0 Å². The van der Waals surface area contributed by atoms with Gasteiger partial charge in [0.25, 0.3) is 0 Å². The second-order valence-electron chi connectivity index (χ2n) is 6.31. The number of carbonyl (C=O) groups is 1. The maximum absolute atomic E-state index is 11.7. The Bertz CT molecular complexity index is 862. The van der Waals surface area contributed by atoms with Gasteiger partial charge in [-0.3, -0.25) is 4.79 Å². The molecule has 0 radical (unpaired) electrons. The minimum atomic E-state index is -0.523. The van der Waals surface area contributed by atoms with Crippen LogP contribution >= 0.6 is 0 Å². The van der Waals surface area contributed by atoms with Crippen molar-refractivity contribution in [1.29, 1.82) is 0 Å². The fraction of sp³-hybridized carbons (Fsp3) is 0.381. The van der Waals surface area contributed by atoms with Crippen LogP contribution in [0.15, 0.2) is 30.3 Å². The predicted octanol–water partition coefficient (Wildman–Crippen LogP) is 3.33. The molecule has 0 saturated heterocycles. The highest BCUT2D eigenvalue weighted by Crippen LogP contribution is 2.44. The lowest BCUT2D eigenvalue weighted by atomic mass is 9.93. The molecular weight excluding hydrogens is 364 g/mol. The van der Waals surface area contributed by atoms with Gasteiger partial charge in [0.15, 0.2) is 17.6 Å². The predicted molar refractivity (Wildman–Crippen MR) is 102 cm³/mol. The number of methoxy groups -OCH3 is 4. The average molecular weight is 388 g/mol. The second-order valence-corrected chi connectivity index (χ2v) is 6.31. The summed E-state index contributed by atoms with van der Waals surface area (Å²) in [4.78, 5) is 11.7. The normalized spacial score (nSPS) is 17.8. The number of ether oxygens (including phenoxy) is 6. The van der Waals surface area contributed by atoms with Crippen molar-refractivity contribution in [2.24, 2.45) is 0 Å². The van der Waals surface area contributed by atoms with Crippen LogP contribution in [0.1, 0.15) is 24.2 Å². The summed E-state index contributed by atoms with van der Waals surface area (Å²) in [5.41, 5.74) is 1.63. The van der Waals surface area contributed by atoms with Crippen molar-refractivity contribution in [3.63, 3.8) is 0 Å². The molecule has 2 atom stereocenters. The highest BCUT2D eigenvalue weighted by molar-refractivity contribution is 5.66. The summed E-state index contributed by atoms with van der Waals surface area (Å²) < 4.78 is 33.4. The van der Waals surface area contributed by atoms with Crippen LogP contribution in [0, 0.1) is 0 Å². The zero-order chi connectivity index (χ0) is 20.3. The first-order chi connectivity index (χ1) is 13.5. The molecule has 0 spiro atoms. The van der Waals surface area contributed by atoms with E-state index in [1.807, 2.05) is 12.1 Å². The summed E-state index contributed by atoms with van der Waals surface area (Å²) in [6, 6.07) is 9.07. The molecule has 0 N–H and O–H groups in total. The molecule has 28 heavy (non-hydrogen) atoms. The van der Waals surface area contributed by atoms with Crippen LogP contribution in [-0.4, -0.2) is 40.5 Å². The fourth-order valence-electron chi connectivity index (χ4n) is 3.35. The van der Waals surface area contributed by atoms with Crippen molar-refractivity contribution in [3.8, 4) is 28.7 Å². The second kappa shape index (κ2) is 8.29. The van der Waals surface area contributed by atoms with Crippen LogP contribution in [0.25, 0.3) is 0 Å². The lowest BCUT2D eigenvalue weighted by Crippen LogP contribution is -2.34. The van der Waals surface area contributed by atoms with Gasteiger partial charge >= 0.3 is 5.97 Å². The van der Waals surface area contributed by atoms with Gasteiger partial charge in [0, 0.05) is 36.6 Å². The number of carbonyl (C=O) groups excluding carboxylic acids is 1. The van der Waals surface area contributed by atoms with E-state index in [0.29, 0.717) is 35.2 Å². The van der Waals surface area contributed by atoms with Gasteiger partial charge < -0.3 is 28.4 Å². The minimum Gasteiger partial charge on any atom is -0.496 e. The standard InChI is InChI=1S/C21H24O7/c1-12(22)27-20-11-15-17(25-4)9-14(23-2)10-18(15)28-21(20)13-6-7-16(24-3)19(8-13)26-5/h6-10,20-21H,11H2,1-5H3/t20-,21+/m0/s1. The van der Waals surface area contributed by atoms with Crippen LogP contribution in [0.3, 0.4) is 0 Å². The van der Waals surface area contributed by atoms with Gasteiger partial charge in [-0.2, -0.15) is 0 Å². The zero-order valence-electron chi connectivity index (χ0n) is 16.6. The van der Waals surface area contributed by atoms with Gasteiger partial charge in [-0.1, -0.05) is 6.07 Å². The number of hydrogen-bond acceptors (Lipinski definition) is 7. The lowest BCUT2D eigenvalue weighted by molar-refractivity contribution is -0.152. The Morgan fingerprint density at radius 2 is 1.64 bits per heavy atom. The first-order valence-corrected chi connectivity index (χ1v) is 8.81. The Hall–Kier alpha value is -3.09. The quantitative estimate of drug-likeness (QED) is 0.703. The molecule has 0 aliphatic carbocycles. The minimum absolute atomic E-state index is 0.380. The van der Waals surface area contributed by atoms with Crippen LogP contribution < -0.4 is 23.7 Å². The molecule has 2 aromatic carbocycles. The summed E-state index contributed by atoms with van der Waals surface area (Å²) >= 11 is 0. The van der Waals surface area contributed by atoms with Gasteiger partial charge in [0.1, 0.15) is 23.4 Å². The first-order valence-electron chi connectivity index (χ1n) is 8.81. The third-order valence-electron chi connectivity index (χ3n) is 4.65. The van der Waals surface area contributed by atoms with E-state index >= 15 is 0 Å². The number of esters is 1. The summed E-state index contributed by atoms with van der Waals surface area (Å²) in [6.45, 7) is 1.38. The van der Waals surface area contributed by atoms with E-state index in [0.717, 1.165) is 11.1 Å². The van der Waals surface area contributed by atoms with Crippen molar-refractivity contribution in [2.75, 3.05) is 28.4 Å². The highest BCUT2D eigenvalue weighted by atomic mass is 16.6. The van der Waals surface area contributed by atoms with Crippen molar-refractivity contribution in [2.45, 2.75) is 25.6 Å². The van der Waals surface area contributed by atoms with Crippen LogP contribution in [0.5, 0.6) is 28.7 Å². The third-order valence-corrected chi connectivity index (χ3v) is 4.65. The number of benzene rings is 2. The smallest absolute Gasteiger partial charge is 0.303 e. The van der Waals surface area contributed by atoms with Crippen LogP contribution in [0.4, 0.5) is 0 Å². The Morgan fingerprint density at radius 3 is 2.25 bits per heavy atom. The fourth-order valence-corrected chi connectivity index (χ4v) is 3.35. The molecule has 0 aromatic heterocycles. The Morgan fingerprint density at radius 1 is 0.929 bits per heavy atom. The van der Waals surface area contributed by atoms with E-state index in [9.17, 15) is 4.79 Å². The molecular formula is C21H24O7. The van der Waals surface area contributed by atoms with Gasteiger partial charge in [-0.25, -0.2) is 0 Å². The average Bonchev–Trinajstić information content (AvgIpc) is 2.71. The molecule has 7 heteroatoms. The van der Waals surface area contributed by atoms with Gasteiger partial charge in [-0.05, 0) is 12.1 Å². The molecule has 0 fully saturated rings. The van der Waals surface area contributed by atoms with Gasteiger partial charge in [-0.15, -0.1) is 0 Å². The molecule has 1 aliphatic heterocycles. The maximum atomic E-state index is 11.7. The van der Waals surface area contributed by atoms with E-state index in [4.69, 9.17) is 28.4 Å². The van der Waals surface area contributed by atoms with E-state index in [1.54, 1.807) is 46.6 Å². The first kappa shape index (κ1) is 19.7. The molecule has 1 aliphatic rings. The lowest BCUT2D eigenvalue weighted by Gasteiger charge is -2.34. The zero-order valence-corrected chi connectivity index (χ0v) is 16.6. The topological polar surface area (TPSA) is 72.5 Å². The SMILES string of the molecule is COc1cc(OC)c2c(c1)O[C@H](c1ccc(OC)c(OC)c1)[C@@H](OC(C)=O)C2. The van der Waals surface area contributed by atoms with E-state index < -0.39 is 12.2 Å². The van der Waals surface area contributed by atoms with Crippen molar-refractivity contribution >= 4 is 5.97 Å². The number of fused-ring (bicyclic) bond motifs is 1. The Kier molecular flexibility index (Phi) is 5.82. The molecule has 0 unspecified atom stereocenters. The molecule has 3 rings (SSSR count). The van der Waals surface area contributed by atoms with Crippen molar-refractivity contribution < 1.29 is 33.2 Å². The Balaban J connectivity index is 2.06. The molecule has 7 nitrogen and oxygen atoms in total. The molecule has 150 valence electrons. The largest absolute Gasteiger partial charge is 0.496 e. The third kappa shape index (κ3) is 3.78. The monoisotopic (exact) mass is 388 g/mol. The van der Waals surface area contributed by atoms with E-state index in [-0.39, 0.29) is 5.97 Å². The van der Waals surface area contributed by atoms with Crippen molar-refractivity contribution in [1.82, 2.24) is 0 Å². The number of rotatable bonds is 6. The van der Waals surface area contributed by atoms with Crippen LogP contribution in [-0.2, 0) is 16.0 Å². The molecule has 1 heterocycles. The summed E-state index contributed by atoms with van der Waals surface area (Å²) in [6.07, 6.45) is -0.598. The molecule has 0 amide bonds. The summed E-state index contributed by atoms with van der Waals surface area (Å²) in [7, 11) is 6.30. The maximum Gasteiger partial charge on any atom is 0.303 e. The molecule has 2 aromatic rings. The van der Waals surface area contributed by atoms with Crippen molar-refractivity contribution in [3.05, 3.63) is 41.5 Å². The summed E-state index contributed by atoms with van der Waals surface area (Å²) in [5.74, 6) is 2.66. The van der Waals surface area contributed by atoms with E-state index in [1.165, 1.54) is 6.92 Å². The number of hydrogen-bond donors (Lipinski definition) is 0.